The SMILES string of the molecule is CCCC1=C(C(=O)OCC)[C@@H](c2cc(OC)ccc2OC)n2c(s/c(=C\c3cc(Br)ccc3OC)c2=O)=N1. The molecule has 0 saturated carbocycles. The molecule has 0 saturated heterocycles. The lowest BCUT2D eigenvalue weighted by Crippen LogP contribution is -2.40. The number of fused-ring (bicyclic) bond motifs is 1. The number of esters is 1. The second-order valence-corrected chi connectivity index (χ2v) is 10.3. The monoisotopic (exact) mass is 600 g/mol. The Morgan fingerprint density at radius 2 is 1.82 bits per heavy atom. The highest BCUT2D eigenvalue weighted by Gasteiger charge is 2.36. The van der Waals surface area contributed by atoms with Gasteiger partial charge in [-0.15, -0.1) is 0 Å². The minimum absolute atomic E-state index is 0.191. The van der Waals surface area contributed by atoms with Gasteiger partial charge in [-0.3, -0.25) is 9.36 Å². The summed E-state index contributed by atoms with van der Waals surface area (Å²) in [5.74, 6) is 1.19. The number of benzene rings is 2. The molecule has 2 aromatic carbocycles. The van der Waals surface area contributed by atoms with Crippen molar-refractivity contribution in [3.8, 4) is 17.2 Å². The van der Waals surface area contributed by atoms with Gasteiger partial charge in [0.15, 0.2) is 4.80 Å². The predicted molar refractivity (Wildman–Crippen MR) is 150 cm³/mol. The third kappa shape index (κ3) is 5.28. The molecule has 0 N–H and O–H groups in total. The van der Waals surface area contributed by atoms with Gasteiger partial charge in [0.05, 0.1) is 43.7 Å². The van der Waals surface area contributed by atoms with E-state index in [1.165, 1.54) is 11.3 Å². The number of hydrogen-bond acceptors (Lipinski definition) is 8. The van der Waals surface area contributed by atoms with Gasteiger partial charge in [-0.05, 0) is 55.8 Å². The summed E-state index contributed by atoms with van der Waals surface area (Å²) < 4.78 is 25.0. The summed E-state index contributed by atoms with van der Waals surface area (Å²) in [6.45, 7) is 3.96. The van der Waals surface area contributed by atoms with E-state index in [4.69, 9.17) is 23.9 Å². The second-order valence-electron chi connectivity index (χ2n) is 8.41. The van der Waals surface area contributed by atoms with Crippen LogP contribution in [0.25, 0.3) is 6.08 Å². The van der Waals surface area contributed by atoms with Crippen molar-refractivity contribution in [2.75, 3.05) is 27.9 Å². The van der Waals surface area contributed by atoms with E-state index >= 15 is 0 Å². The Balaban J connectivity index is 2.07. The molecule has 0 amide bonds. The molecule has 38 heavy (non-hydrogen) atoms. The minimum Gasteiger partial charge on any atom is -0.497 e. The number of carbonyl (C=O) groups is 1. The van der Waals surface area contributed by atoms with Crippen LogP contribution in [-0.2, 0) is 9.53 Å². The minimum atomic E-state index is -0.816. The van der Waals surface area contributed by atoms with Gasteiger partial charge in [0.1, 0.15) is 23.3 Å². The van der Waals surface area contributed by atoms with Gasteiger partial charge in [-0.2, -0.15) is 0 Å². The van der Waals surface area contributed by atoms with Crippen LogP contribution < -0.4 is 29.1 Å². The van der Waals surface area contributed by atoms with Crippen LogP contribution in [-0.4, -0.2) is 38.5 Å². The van der Waals surface area contributed by atoms with Crippen molar-refractivity contribution in [1.29, 1.82) is 0 Å². The van der Waals surface area contributed by atoms with Crippen molar-refractivity contribution in [1.82, 2.24) is 4.57 Å². The fourth-order valence-electron chi connectivity index (χ4n) is 4.43. The Morgan fingerprint density at radius 1 is 1.08 bits per heavy atom. The van der Waals surface area contributed by atoms with Crippen LogP contribution in [0.3, 0.4) is 0 Å². The molecule has 0 radical (unpaired) electrons. The van der Waals surface area contributed by atoms with Crippen LogP contribution in [0.4, 0.5) is 0 Å². The van der Waals surface area contributed by atoms with Crippen molar-refractivity contribution in [2.24, 2.45) is 4.99 Å². The summed E-state index contributed by atoms with van der Waals surface area (Å²) in [5.41, 5.74) is 1.96. The van der Waals surface area contributed by atoms with Gasteiger partial charge in [0, 0.05) is 15.6 Å². The van der Waals surface area contributed by atoms with Crippen molar-refractivity contribution in [2.45, 2.75) is 32.7 Å². The zero-order valence-corrected chi connectivity index (χ0v) is 24.3. The molecule has 10 heteroatoms. The van der Waals surface area contributed by atoms with Crippen LogP contribution in [0.2, 0.25) is 0 Å². The number of rotatable bonds is 9. The van der Waals surface area contributed by atoms with Gasteiger partial charge >= 0.3 is 5.97 Å². The fourth-order valence-corrected chi connectivity index (χ4v) is 5.82. The number of ether oxygens (including phenoxy) is 4. The molecule has 0 fully saturated rings. The Kier molecular flexibility index (Phi) is 8.73. The molecule has 2 heterocycles. The summed E-state index contributed by atoms with van der Waals surface area (Å²) in [6, 6.07) is 10.1. The number of carbonyl (C=O) groups excluding carboxylic acids is 1. The van der Waals surface area contributed by atoms with Crippen molar-refractivity contribution in [3.63, 3.8) is 0 Å². The largest absolute Gasteiger partial charge is 0.497 e. The van der Waals surface area contributed by atoms with Crippen LogP contribution >= 0.6 is 27.3 Å². The van der Waals surface area contributed by atoms with E-state index in [1.54, 1.807) is 57.1 Å². The molecular weight excluding hydrogens is 572 g/mol. The first-order valence-electron chi connectivity index (χ1n) is 12.1. The quantitative estimate of drug-likeness (QED) is 0.339. The van der Waals surface area contributed by atoms with E-state index in [-0.39, 0.29) is 12.2 Å². The number of hydrogen-bond donors (Lipinski definition) is 0. The number of aromatic nitrogens is 1. The molecule has 1 atom stereocenters. The highest BCUT2D eigenvalue weighted by Crippen LogP contribution is 2.38. The van der Waals surface area contributed by atoms with Crippen LogP contribution in [0, 0.1) is 0 Å². The first-order chi connectivity index (χ1) is 18.4. The molecule has 0 aliphatic carbocycles. The normalized spacial score (nSPS) is 15.1. The van der Waals surface area contributed by atoms with E-state index in [0.29, 0.717) is 49.8 Å². The van der Waals surface area contributed by atoms with E-state index in [1.807, 2.05) is 25.1 Å². The Morgan fingerprint density at radius 3 is 2.47 bits per heavy atom. The number of nitrogens with zero attached hydrogens (tertiary/aromatic N) is 2. The Bertz CT molecular complexity index is 1570. The van der Waals surface area contributed by atoms with Crippen molar-refractivity contribution < 1.29 is 23.7 Å². The highest BCUT2D eigenvalue weighted by molar-refractivity contribution is 9.10. The summed E-state index contributed by atoms with van der Waals surface area (Å²) in [6.07, 6.45) is 3.08. The van der Waals surface area contributed by atoms with E-state index < -0.39 is 12.0 Å². The Hall–Kier alpha value is -3.37. The third-order valence-corrected chi connectivity index (χ3v) is 7.58. The number of methoxy groups -OCH3 is 3. The average molecular weight is 602 g/mol. The topological polar surface area (TPSA) is 88.4 Å². The number of allylic oxidation sites excluding steroid dienone is 1. The van der Waals surface area contributed by atoms with Gasteiger partial charge in [-0.25, -0.2) is 9.79 Å². The zero-order chi connectivity index (χ0) is 27.4. The first kappa shape index (κ1) is 27.7. The molecule has 200 valence electrons. The maximum absolute atomic E-state index is 14.0. The zero-order valence-electron chi connectivity index (χ0n) is 21.9. The maximum atomic E-state index is 14.0. The van der Waals surface area contributed by atoms with E-state index in [9.17, 15) is 9.59 Å². The standard InChI is InChI=1S/C28H29BrN2O6S/c1-6-8-20-24(27(33)37-7-2)25(19-15-18(34-3)10-12-22(19)36-5)31-26(32)23(38-28(31)30-20)14-16-13-17(29)9-11-21(16)35-4/h9-15,25H,6-8H2,1-5H3/b23-14-/t25-/m1/s1. The van der Waals surface area contributed by atoms with Gasteiger partial charge in [0.2, 0.25) is 0 Å². The van der Waals surface area contributed by atoms with Gasteiger partial charge < -0.3 is 18.9 Å². The van der Waals surface area contributed by atoms with Crippen molar-refractivity contribution >= 4 is 39.3 Å². The average Bonchev–Trinajstić information content (AvgIpc) is 3.22. The summed E-state index contributed by atoms with van der Waals surface area (Å²) in [4.78, 5) is 32.7. The molecule has 1 aliphatic rings. The number of halogens is 1. The molecule has 1 aliphatic heterocycles. The second kappa shape index (κ2) is 12.0. The van der Waals surface area contributed by atoms with Crippen molar-refractivity contribution in [3.05, 3.63) is 83.0 Å². The molecular formula is C28H29BrN2O6S. The first-order valence-corrected chi connectivity index (χ1v) is 13.7. The summed E-state index contributed by atoms with van der Waals surface area (Å²) in [7, 11) is 4.70. The molecule has 4 rings (SSSR count). The molecule has 3 aromatic rings. The smallest absolute Gasteiger partial charge is 0.338 e. The lowest BCUT2D eigenvalue weighted by molar-refractivity contribution is -0.139. The highest BCUT2D eigenvalue weighted by atomic mass is 79.9. The van der Waals surface area contributed by atoms with Gasteiger partial charge in [0.25, 0.3) is 5.56 Å². The molecule has 0 spiro atoms. The molecule has 0 unspecified atom stereocenters. The molecule has 0 bridgehead atoms. The molecule has 8 nitrogen and oxygen atoms in total. The summed E-state index contributed by atoms with van der Waals surface area (Å²) in [5, 5.41) is 0. The maximum Gasteiger partial charge on any atom is 0.338 e. The van der Waals surface area contributed by atoms with E-state index in [0.717, 1.165) is 16.5 Å². The summed E-state index contributed by atoms with van der Waals surface area (Å²) >= 11 is 4.75. The van der Waals surface area contributed by atoms with Gasteiger partial charge in [-0.1, -0.05) is 40.6 Å². The number of thiazole rings is 1. The van der Waals surface area contributed by atoms with Crippen LogP contribution in [0.15, 0.2) is 61.9 Å². The van der Waals surface area contributed by atoms with Crippen LogP contribution in [0.5, 0.6) is 17.2 Å². The molecule has 1 aromatic heterocycles. The fraction of sp³-hybridized carbons (Fsp3) is 0.321. The van der Waals surface area contributed by atoms with Crippen LogP contribution in [0.1, 0.15) is 43.9 Å². The third-order valence-electron chi connectivity index (χ3n) is 6.10. The Labute approximate surface area is 233 Å². The predicted octanol–water partition coefficient (Wildman–Crippen LogP) is 4.37. The van der Waals surface area contributed by atoms with E-state index in [2.05, 4.69) is 15.9 Å². The lowest BCUT2D eigenvalue weighted by Gasteiger charge is -2.27. The lowest BCUT2D eigenvalue weighted by atomic mass is 9.93.